The summed E-state index contributed by atoms with van der Waals surface area (Å²) in [5.41, 5.74) is 1.54. The Kier molecular flexibility index (Phi) is 2.01. The van der Waals surface area contributed by atoms with Gasteiger partial charge in [0.05, 0.1) is 11.1 Å². The van der Waals surface area contributed by atoms with Crippen molar-refractivity contribution in [2.75, 3.05) is 0 Å². The van der Waals surface area contributed by atoms with Gasteiger partial charge in [-0.25, -0.2) is 4.79 Å². The smallest absolute Gasteiger partial charge is 0.408 e. The third-order valence-electron chi connectivity index (χ3n) is 3.39. The van der Waals surface area contributed by atoms with E-state index in [-0.39, 0.29) is 11.8 Å². The zero-order chi connectivity index (χ0) is 12.2. The lowest BCUT2D eigenvalue weighted by molar-refractivity contribution is 0.151. The Hall–Kier alpha value is -1.55. The van der Waals surface area contributed by atoms with Gasteiger partial charge in [0.15, 0.2) is 5.58 Å². The van der Waals surface area contributed by atoms with Crippen LogP contribution < -0.4 is 5.76 Å². The van der Waals surface area contributed by atoms with Crippen LogP contribution in [0.5, 0.6) is 0 Å². The average molecular weight is 233 g/mol. The molecule has 0 atom stereocenters. The summed E-state index contributed by atoms with van der Waals surface area (Å²) in [6, 6.07) is 5.52. The SMILES string of the molecule is CC(C)n1c(=O)oc2ccc(C3(O)CC3)cc21. The van der Waals surface area contributed by atoms with Gasteiger partial charge in [0.2, 0.25) is 0 Å². The maximum absolute atomic E-state index is 11.7. The van der Waals surface area contributed by atoms with Crippen LogP contribution in [0.1, 0.15) is 38.3 Å². The molecule has 1 aliphatic rings. The molecule has 2 aromatic rings. The van der Waals surface area contributed by atoms with Gasteiger partial charge < -0.3 is 9.52 Å². The third kappa shape index (κ3) is 1.52. The van der Waals surface area contributed by atoms with Crippen molar-refractivity contribution >= 4 is 11.1 Å². The number of oxazole rings is 1. The Morgan fingerprint density at radius 2 is 2.12 bits per heavy atom. The summed E-state index contributed by atoms with van der Waals surface area (Å²) in [7, 11) is 0. The minimum Gasteiger partial charge on any atom is -0.408 e. The Morgan fingerprint density at radius 3 is 2.71 bits per heavy atom. The largest absolute Gasteiger partial charge is 0.420 e. The highest BCUT2D eigenvalue weighted by Gasteiger charge is 2.42. The molecule has 90 valence electrons. The van der Waals surface area contributed by atoms with E-state index < -0.39 is 5.60 Å². The summed E-state index contributed by atoms with van der Waals surface area (Å²) < 4.78 is 6.79. The lowest BCUT2D eigenvalue weighted by Crippen LogP contribution is -2.16. The molecule has 4 nitrogen and oxygen atoms in total. The molecule has 4 heteroatoms. The molecule has 0 unspecified atom stereocenters. The number of rotatable bonds is 2. The maximum Gasteiger partial charge on any atom is 0.420 e. The molecule has 1 aliphatic carbocycles. The fourth-order valence-corrected chi connectivity index (χ4v) is 2.22. The van der Waals surface area contributed by atoms with Crippen molar-refractivity contribution in [1.29, 1.82) is 0 Å². The molecule has 1 fully saturated rings. The van der Waals surface area contributed by atoms with Gasteiger partial charge in [-0.15, -0.1) is 0 Å². The first-order valence-electron chi connectivity index (χ1n) is 5.89. The lowest BCUT2D eigenvalue weighted by atomic mass is 10.1. The molecule has 0 saturated heterocycles. The fraction of sp³-hybridized carbons (Fsp3) is 0.462. The van der Waals surface area contributed by atoms with Crippen LogP contribution in [0.2, 0.25) is 0 Å². The first-order chi connectivity index (χ1) is 8.01. The molecule has 17 heavy (non-hydrogen) atoms. The van der Waals surface area contributed by atoms with E-state index in [1.54, 1.807) is 10.6 Å². The predicted octanol–water partition coefficient (Wildman–Crippen LogP) is 2.16. The second kappa shape index (κ2) is 3.23. The molecule has 1 saturated carbocycles. The van der Waals surface area contributed by atoms with Gasteiger partial charge in [0.1, 0.15) is 0 Å². The third-order valence-corrected chi connectivity index (χ3v) is 3.39. The van der Waals surface area contributed by atoms with Crippen molar-refractivity contribution in [1.82, 2.24) is 4.57 Å². The maximum atomic E-state index is 11.7. The first-order valence-corrected chi connectivity index (χ1v) is 5.89. The summed E-state index contributed by atoms with van der Waals surface area (Å²) in [4.78, 5) is 11.7. The number of nitrogens with zero attached hydrogens (tertiary/aromatic N) is 1. The summed E-state index contributed by atoms with van der Waals surface area (Å²) in [5, 5.41) is 10.1. The van der Waals surface area contributed by atoms with Crippen LogP contribution in [-0.4, -0.2) is 9.67 Å². The van der Waals surface area contributed by atoms with Crippen LogP contribution in [0.3, 0.4) is 0 Å². The van der Waals surface area contributed by atoms with E-state index in [4.69, 9.17) is 4.42 Å². The van der Waals surface area contributed by atoms with Gasteiger partial charge in [0.25, 0.3) is 0 Å². The van der Waals surface area contributed by atoms with Crippen molar-refractivity contribution in [3.8, 4) is 0 Å². The zero-order valence-electron chi connectivity index (χ0n) is 9.93. The summed E-state index contributed by atoms with van der Waals surface area (Å²) in [6.45, 7) is 3.88. The van der Waals surface area contributed by atoms with Gasteiger partial charge in [-0.3, -0.25) is 4.57 Å². The van der Waals surface area contributed by atoms with Crippen LogP contribution >= 0.6 is 0 Å². The lowest BCUT2D eigenvalue weighted by Gasteiger charge is -2.09. The van der Waals surface area contributed by atoms with Crippen molar-refractivity contribution in [3.63, 3.8) is 0 Å². The molecule has 1 aromatic carbocycles. The second-order valence-electron chi connectivity index (χ2n) is 5.05. The molecule has 0 spiro atoms. The number of hydrogen-bond acceptors (Lipinski definition) is 3. The van der Waals surface area contributed by atoms with E-state index in [9.17, 15) is 9.90 Å². The number of hydrogen-bond donors (Lipinski definition) is 1. The normalized spacial score (nSPS) is 17.9. The van der Waals surface area contributed by atoms with E-state index in [0.29, 0.717) is 5.58 Å². The van der Waals surface area contributed by atoms with Gasteiger partial charge in [-0.2, -0.15) is 0 Å². The molecule has 1 heterocycles. The van der Waals surface area contributed by atoms with E-state index in [1.165, 1.54) is 0 Å². The molecular weight excluding hydrogens is 218 g/mol. The van der Waals surface area contributed by atoms with Gasteiger partial charge in [-0.1, -0.05) is 6.07 Å². The highest BCUT2D eigenvalue weighted by molar-refractivity contribution is 5.74. The Labute approximate surface area is 98.5 Å². The number of fused-ring (bicyclic) bond motifs is 1. The van der Waals surface area contributed by atoms with Crippen LogP contribution in [0.15, 0.2) is 27.4 Å². The molecule has 3 rings (SSSR count). The molecule has 0 aliphatic heterocycles. The summed E-state index contributed by atoms with van der Waals surface area (Å²) >= 11 is 0. The number of aromatic nitrogens is 1. The molecule has 0 amide bonds. The van der Waals surface area contributed by atoms with Crippen molar-refractivity contribution in [3.05, 3.63) is 34.3 Å². The average Bonchev–Trinajstić information content (AvgIpc) is 2.91. The van der Waals surface area contributed by atoms with E-state index in [2.05, 4.69) is 0 Å². The van der Waals surface area contributed by atoms with E-state index in [1.807, 2.05) is 26.0 Å². The molecule has 0 bridgehead atoms. The van der Waals surface area contributed by atoms with Gasteiger partial charge in [-0.05, 0) is 44.4 Å². The first kappa shape index (κ1) is 10.6. The summed E-state index contributed by atoms with van der Waals surface area (Å²) in [6.07, 6.45) is 1.59. The Morgan fingerprint density at radius 1 is 1.41 bits per heavy atom. The molecule has 0 radical (unpaired) electrons. The monoisotopic (exact) mass is 233 g/mol. The fourth-order valence-electron chi connectivity index (χ4n) is 2.22. The van der Waals surface area contributed by atoms with E-state index >= 15 is 0 Å². The van der Waals surface area contributed by atoms with Crippen molar-refractivity contribution < 1.29 is 9.52 Å². The minimum absolute atomic E-state index is 0.0489. The van der Waals surface area contributed by atoms with Crippen LogP contribution in [0, 0.1) is 0 Å². The standard InChI is InChI=1S/C13H15NO3/c1-8(2)14-10-7-9(13(16)5-6-13)3-4-11(10)17-12(14)15/h3-4,7-8,16H,5-6H2,1-2H3. The molecule has 1 N–H and O–H groups in total. The topological polar surface area (TPSA) is 55.4 Å². The molecular formula is C13H15NO3. The summed E-state index contributed by atoms with van der Waals surface area (Å²) in [5.74, 6) is -0.338. The Balaban J connectivity index is 2.27. The number of benzene rings is 1. The van der Waals surface area contributed by atoms with Crippen LogP contribution in [0.4, 0.5) is 0 Å². The zero-order valence-corrected chi connectivity index (χ0v) is 9.93. The highest BCUT2D eigenvalue weighted by Crippen LogP contribution is 2.45. The quantitative estimate of drug-likeness (QED) is 0.864. The molecule has 1 aromatic heterocycles. The van der Waals surface area contributed by atoms with Gasteiger partial charge >= 0.3 is 5.76 Å². The second-order valence-corrected chi connectivity index (χ2v) is 5.05. The van der Waals surface area contributed by atoms with Crippen LogP contribution in [-0.2, 0) is 5.60 Å². The van der Waals surface area contributed by atoms with Gasteiger partial charge in [0, 0.05) is 6.04 Å². The van der Waals surface area contributed by atoms with E-state index in [0.717, 1.165) is 23.9 Å². The minimum atomic E-state index is -0.677. The highest BCUT2D eigenvalue weighted by atomic mass is 16.4. The van der Waals surface area contributed by atoms with Crippen molar-refractivity contribution in [2.24, 2.45) is 0 Å². The van der Waals surface area contributed by atoms with Crippen molar-refractivity contribution in [2.45, 2.75) is 38.3 Å². The van der Waals surface area contributed by atoms with Crippen LogP contribution in [0.25, 0.3) is 11.1 Å². The number of aliphatic hydroxyl groups is 1. The Bertz CT molecular complexity index is 632. The predicted molar refractivity (Wildman–Crippen MR) is 64.0 cm³/mol.